The fourth-order valence-electron chi connectivity index (χ4n) is 5.45. The van der Waals surface area contributed by atoms with Crippen molar-refractivity contribution >= 4 is 71.5 Å². The van der Waals surface area contributed by atoms with Crippen LogP contribution in [0.15, 0.2) is 25.3 Å². The van der Waals surface area contributed by atoms with Gasteiger partial charge in [0.05, 0.1) is 25.9 Å². The van der Waals surface area contributed by atoms with E-state index in [9.17, 15) is 14.6 Å². The molecule has 3 fully saturated rings. The summed E-state index contributed by atoms with van der Waals surface area (Å²) in [6.07, 6.45) is -5.61. The fraction of sp³-hybridized carbons (Fsp3) is 0.524. The van der Waals surface area contributed by atoms with Crippen LogP contribution < -0.4 is 11.5 Å². The Morgan fingerprint density at radius 3 is 2.24 bits per heavy atom. The molecule has 3 saturated heterocycles. The summed E-state index contributed by atoms with van der Waals surface area (Å²) in [5, 5.41) is 11.4. The smallest absolute Gasteiger partial charge is 0.386 e. The first-order chi connectivity index (χ1) is 21.3. The quantitative estimate of drug-likeness (QED) is 0.143. The molecular weight excluding hydrogens is 681 g/mol. The number of thiol groups is 1. The van der Waals surface area contributed by atoms with Gasteiger partial charge in [-0.25, -0.2) is 38.9 Å². The van der Waals surface area contributed by atoms with Crippen molar-refractivity contribution in [1.82, 2.24) is 39.0 Å². The summed E-state index contributed by atoms with van der Waals surface area (Å²) in [5.74, 6) is 0.156. The first kappa shape index (κ1) is 31.2. The second-order valence-electron chi connectivity index (χ2n) is 10.6. The predicted molar refractivity (Wildman–Crippen MR) is 158 cm³/mol. The summed E-state index contributed by atoms with van der Waals surface area (Å²) in [7, 11) is 0. The number of halogens is 1. The van der Waals surface area contributed by atoms with Crippen LogP contribution in [0.4, 0.5) is 16.0 Å². The molecule has 0 spiro atoms. The van der Waals surface area contributed by atoms with Crippen LogP contribution in [-0.4, -0.2) is 98.4 Å². The highest BCUT2D eigenvalue weighted by molar-refractivity contribution is 8.44. The molecule has 7 rings (SSSR count). The molecule has 4 aromatic heterocycles. The van der Waals surface area contributed by atoms with Crippen molar-refractivity contribution in [2.24, 2.45) is 0 Å². The normalized spacial score (nSPS) is 39.4. The number of nitrogens with zero attached hydrogens (tertiary/aromatic N) is 8. The molecular formula is C21H25FN10O9P2S2. The molecule has 24 heteroatoms. The van der Waals surface area contributed by atoms with E-state index >= 15 is 4.39 Å². The van der Waals surface area contributed by atoms with Gasteiger partial charge in [0.25, 0.3) is 0 Å². The molecule has 2 bridgehead atoms. The van der Waals surface area contributed by atoms with Gasteiger partial charge in [0.2, 0.25) is 0 Å². The second kappa shape index (κ2) is 11.1. The third kappa shape index (κ3) is 5.41. The lowest BCUT2D eigenvalue weighted by Crippen LogP contribution is -2.45. The van der Waals surface area contributed by atoms with Gasteiger partial charge in [-0.3, -0.25) is 22.7 Å². The van der Waals surface area contributed by atoms with Gasteiger partial charge in [0, 0.05) is 0 Å². The molecule has 19 nitrogen and oxygen atoms in total. The van der Waals surface area contributed by atoms with E-state index in [1.165, 1.54) is 41.4 Å². The number of nitrogens with two attached hydrogens (primary N) is 2. The van der Waals surface area contributed by atoms with Gasteiger partial charge in [0.1, 0.15) is 53.7 Å². The summed E-state index contributed by atoms with van der Waals surface area (Å²) < 4.78 is 66.7. The fourth-order valence-corrected chi connectivity index (χ4v) is 8.45. The van der Waals surface area contributed by atoms with Crippen LogP contribution in [-0.2, 0) is 43.9 Å². The number of anilines is 2. The maximum absolute atomic E-state index is 15.9. The zero-order chi connectivity index (χ0) is 31.9. The molecule has 4 aromatic rings. The molecule has 0 aromatic carbocycles. The van der Waals surface area contributed by atoms with Gasteiger partial charge in [-0.15, -0.1) is 0 Å². The minimum Gasteiger partial charge on any atom is -0.386 e. The number of aliphatic hydroxyl groups excluding tert-OH is 1. The highest BCUT2D eigenvalue weighted by atomic mass is 32.7. The molecule has 0 amide bonds. The molecule has 0 aliphatic carbocycles. The highest BCUT2D eigenvalue weighted by Crippen LogP contribution is 2.60. The van der Waals surface area contributed by atoms with Gasteiger partial charge >= 0.3 is 13.5 Å². The van der Waals surface area contributed by atoms with Crippen molar-refractivity contribution in [2.75, 3.05) is 24.7 Å². The van der Waals surface area contributed by atoms with Crippen molar-refractivity contribution in [3.8, 4) is 0 Å². The summed E-state index contributed by atoms with van der Waals surface area (Å²) in [6, 6.07) is 0. The Morgan fingerprint density at radius 2 is 1.62 bits per heavy atom. The molecule has 45 heavy (non-hydrogen) atoms. The second-order valence-corrected chi connectivity index (χ2v) is 16.3. The van der Waals surface area contributed by atoms with Crippen LogP contribution in [0.1, 0.15) is 19.4 Å². The van der Waals surface area contributed by atoms with Crippen molar-refractivity contribution in [2.45, 2.75) is 55.6 Å². The summed E-state index contributed by atoms with van der Waals surface area (Å²) in [6.45, 7) is -8.46. The molecule has 3 aliphatic rings. The van der Waals surface area contributed by atoms with Crippen LogP contribution in [0.3, 0.4) is 0 Å². The topological polar surface area (TPSA) is 252 Å². The van der Waals surface area contributed by atoms with Crippen molar-refractivity contribution in [3.05, 3.63) is 25.3 Å². The van der Waals surface area contributed by atoms with Crippen LogP contribution in [0.25, 0.3) is 22.3 Å². The summed E-state index contributed by atoms with van der Waals surface area (Å²) >= 11 is 9.34. The number of rotatable bonds is 2. The minimum absolute atomic E-state index is 0.0660. The van der Waals surface area contributed by atoms with Crippen molar-refractivity contribution in [3.63, 3.8) is 0 Å². The summed E-state index contributed by atoms with van der Waals surface area (Å²) in [5.41, 5.74) is 11.0. The van der Waals surface area contributed by atoms with Crippen LogP contribution in [0.5, 0.6) is 0 Å². The average molecular weight is 707 g/mol. The van der Waals surface area contributed by atoms with E-state index in [0.29, 0.717) is 0 Å². The number of hydrogen-bond acceptors (Lipinski definition) is 17. The Kier molecular flexibility index (Phi) is 7.66. The molecule has 0 saturated carbocycles. The number of nitrogen functional groups attached to an aromatic ring is 2. The van der Waals surface area contributed by atoms with E-state index in [1.54, 1.807) is 0 Å². The number of aliphatic hydroxyl groups is 1. The van der Waals surface area contributed by atoms with Crippen LogP contribution >= 0.6 is 25.8 Å². The lowest BCUT2D eigenvalue weighted by Gasteiger charge is -2.33. The van der Waals surface area contributed by atoms with Crippen LogP contribution in [0, 0.1) is 0 Å². The number of fused-ring (bicyclic) bond motifs is 5. The highest BCUT2D eigenvalue weighted by Gasteiger charge is 2.58. The Labute approximate surface area is 262 Å². The minimum atomic E-state index is -4.37. The Hall–Kier alpha value is -2.46. The summed E-state index contributed by atoms with van der Waals surface area (Å²) in [4.78, 5) is 35.6. The predicted octanol–water partition coefficient (Wildman–Crippen LogP) is 0.786. The molecule has 3 aliphatic heterocycles. The Bertz CT molecular complexity index is 1890. The van der Waals surface area contributed by atoms with Gasteiger partial charge in [-0.1, -0.05) is 12.2 Å². The molecule has 2 unspecified atom stereocenters. The lowest BCUT2D eigenvalue weighted by atomic mass is 9.99. The average Bonchev–Trinajstić information content (AvgIpc) is 3.73. The number of ether oxygens (including phenoxy) is 2. The third-order valence-electron chi connectivity index (χ3n) is 7.60. The van der Waals surface area contributed by atoms with E-state index in [2.05, 4.69) is 42.2 Å². The maximum atomic E-state index is 15.9. The number of aromatic nitrogens is 8. The standard InChI is InChI=1S/C21H25FN10O9P2S2/c1-21-3-37-43(35,45)40-13-9(22)8(38-20(13)32-7-30-11-16(24)26-5-28-18(11)32)2-36-42(34,44)41-14(21)12(33)19(39-21)31-6-29-10-15(23)25-4-27-17(10)31/h4-9,12-14,19-20,33H,2-3H2,1H3,(H,34,44)(H,35,45)(H2,23,25,27)(H2,24,26,28)/t8-,9+,12-,13-,14+,19-,20-,21-,42?,43?/m1/s1. The first-order valence-corrected chi connectivity index (χ1v) is 18.4. The first-order valence-electron chi connectivity index (χ1n) is 13.1. The lowest BCUT2D eigenvalue weighted by molar-refractivity contribution is -0.112. The molecule has 7 heterocycles. The van der Waals surface area contributed by atoms with Gasteiger partial charge in [-0.05, 0) is 18.7 Å². The van der Waals surface area contributed by atoms with Crippen molar-refractivity contribution in [1.29, 1.82) is 0 Å². The molecule has 0 radical (unpaired) electrons. The Morgan fingerprint density at radius 1 is 1.02 bits per heavy atom. The third-order valence-corrected chi connectivity index (χ3v) is 10.7. The van der Waals surface area contributed by atoms with E-state index in [4.69, 9.17) is 50.8 Å². The van der Waals surface area contributed by atoms with E-state index < -0.39 is 75.4 Å². The largest absolute Gasteiger partial charge is 0.386 e. The zero-order valence-electron chi connectivity index (χ0n) is 22.9. The molecule has 6 N–H and O–H groups in total. The van der Waals surface area contributed by atoms with Gasteiger partial charge < -0.3 is 35.5 Å². The van der Waals surface area contributed by atoms with E-state index in [0.717, 1.165) is 0 Å². The van der Waals surface area contributed by atoms with E-state index in [1.807, 2.05) is 0 Å². The van der Waals surface area contributed by atoms with E-state index in [-0.39, 0.29) is 34.0 Å². The van der Waals surface area contributed by atoms with Gasteiger partial charge in [0.15, 0.2) is 41.6 Å². The Balaban J connectivity index is 1.23. The number of hydrogen-bond donors (Lipinski definition) is 5. The van der Waals surface area contributed by atoms with Crippen molar-refractivity contribution < 1.29 is 46.5 Å². The number of imidazole rings is 2. The monoisotopic (exact) mass is 706 g/mol. The SMILES string of the molecule is C[C@@]12COP(O)(=S)O[C@@H]3[C@@H](F)[C@@H](COP(=O)(S)O[C@H]1[C@@H](O)[C@H](n1cnc4c(N)ncnc41)O2)O[C@H]3n1cnc2c(N)ncnc21. The van der Waals surface area contributed by atoms with Crippen LogP contribution in [0.2, 0.25) is 0 Å². The molecule has 242 valence electrons. The maximum Gasteiger partial charge on any atom is 0.386 e. The zero-order valence-corrected chi connectivity index (χ0v) is 26.4. The molecule has 10 atom stereocenters. The number of alkyl halides is 1. The van der Waals surface area contributed by atoms with Gasteiger partial charge in [-0.2, -0.15) is 0 Å².